The van der Waals surface area contributed by atoms with Crippen molar-refractivity contribution in [1.82, 2.24) is 0 Å². The molecule has 0 aromatic heterocycles. The molecule has 0 spiro atoms. The number of amides is 1. The summed E-state index contributed by atoms with van der Waals surface area (Å²) < 4.78 is 26.3. The molecule has 2 rings (SSSR count). The fraction of sp³-hybridized carbons (Fsp3) is 0.188. The summed E-state index contributed by atoms with van der Waals surface area (Å²) in [6, 6.07) is 10.9. The molecular formula is C16H15F2NOS. The number of halogens is 2. The van der Waals surface area contributed by atoms with Gasteiger partial charge in [0.15, 0.2) is 0 Å². The highest BCUT2D eigenvalue weighted by atomic mass is 32.2. The number of thioether (sulfide) groups is 1. The lowest BCUT2D eigenvalue weighted by Crippen LogP contribution is -2.23. The van der Waals surface area contributed by atoms with Crippen LogP contribution in [0.15, 0.2) is 47.4 Å². The highest BCUT2D eigenvalue weighted by Crippen LogP contribution is 2.25. The fourth-order valence-electron chi connectivity index (χ4n) is 1.70. The van der Waals surface area contributed by atoms with Gasteiger partial charge >= 0.3 is 0 Å². The number of hydrogen-bond donors (Lipinski definition) is 1. The van der Waals surface area contributed by atoms with Gasteiger partial charge in [0.2, 0.25) is 5.91 Å². The third kappa shape index (κ3) is 4.29. The van der Waals surface area contributed by atoms with E-state index in [1.165, 1.54) is 17.8 Å². The molecule has 0 fully saturated rings. The second kappa shape index (κ2) is 6.72. The van der Waals surface area contributed by atoms with Crippen LogP contribution in [0.25, 0.3) is 0 Å². The van der Waals surface area contributed by atoms with Crippen molar-refractivity contribution >= 4 is 23.4 Å². The molecular weight excluding hydrogens is 292 g/mol. The van der Waals surface area contributed by atoms with E-state index >= 15 is 0 Å². The van der Waals surface area contributed by atoms with Gasteiger partial charge < -0.3 is 5.32 Å². The van der Waals surface area contributed by atoms with Crippen LogP contribution in [-0.2, 0) is 4.79 Å². The van der Waals surface area contributed by atoms with Crippen LogP contribution in [0.4, 0.5) is 14.5 Å². The maximum absolute atomic E-state index is 13.5. The SMILES string of the molecule is Cc1ccc(S[C@@H](C)C(=O)Nc2ccc(F)cc2F)cc1. The van der Waals surface area contributed by atoms with E-state index in [9.17, 15) is 13.6 Å². The first kappa shape index (κ1) is 15.5. The topological polar surface area (TPSA) is 29.1 Å². The highest BCUT2D eigenvalue weighted by Gasteiger charge is 2.16. The first-order valence-corrected chi connectivity index (χ1v) is 7.33. The first-order valence-electron chi connectivity index (χ1n) is 6.45. The zero-order valence-corrected chi connectivity index (χ0v) is 12.5. The van der Waals surface area contributed by atoms with Crippen LogP contribution in [0, 0.1) is 18.6 Å². The van der Waals surface area contributed by atoms with E-state index in [1.54, 1.807) is 6.92 Å². The van der Waals surface area contributed by atoms with E-state index in [0.29, 0.717) is 0 Å². The van der Waals surface area contributed by atoms with Crippen molar-refractivity contribution in [2.75, 3.05) is 5.32 Å². The zero-order valence-electron chi connectivity index (χ0n) is 11.7. The van der Waals surface area contributed by atoms with Crippen LogP contribution >= 0.6 is 11.8 Å². The van der Waals surface area contributed by atoms with Crippen molar-refractivity contribution in [3.05, 3.63) is 59.7 Å². The molecule has 1 atom stereocenters. The average molecular weight is 307 g/mol. The number of benzene rings is 2. The van der Waals surface area contributed by atoms with Gasteiger partial charge in [-0.25, -0.2) is 8.78 Å². The maximum atomic E-state index is 13.5. The van der Waals surface area contributed by atoms with Crippen molar-refractivity contribution in [2.45, 2.75) is 24.0 Å². The Kier molecular flexibility index (Phi) is 4.96. The van der Waals surface area contributed by atoms with E-state index in [4.69, 9.17) is 0 Å². The lowest BCUT2D eigenvalue weighted by Gasteiger charge is -2.12. The summed E-state index contributed by atoms with van der Waals surface area (Å²) in [7, 11) is 0. The third-order valence-corrected chi connectivity index (χ3v) is 4.00. The second-order valence-corrected chi connectivity index (χ2v) is 6.10. The standard InChI is InChI=1S/C16H15F2NOS/c1-10-3-6-13(7-4-10)21-11(2)16(20)19-15-8-5-12(17)9-14(15)18/h3-9,11H,1-2H3,(H,19,20)/t11-/m0/s1. The summed E-state index contributed by atoms with van der Waals surface area (Å²) in [6.45, 7) is 3.73. The Balaban J connectivity index is 2.00. The quantitative estimate of drug-likeness (QED) is 0.849. The largest absolute Gasteiger partial charge is 0.323 e. The predicted octanol–water partition coefficient (Wildman–Crippen LogP) is 4.39. The lowest BCUT2D eigenvalue weighted by molar-refractivity contribution is -0.115. The number of carbonyl (C=O) groups excluding carboxylic acids is 1. The van der Waals surface area contributed by atoms with Gasteiger partial charge in [0, 0.05) is 11.0 Å². The van der Waals surface area contributed by atoms with Crippen LogP contribution in [0.1, 0.15) is 12.5 Å². The van der Waals surface area contributed by atoms with Gasteiger partial charge in [-0.2, -0.15) is 0 Å². The molecule has 2 aromatic rings. The number of anilines is 1. The highest BCUT2D eigenvalue weighted by molar-refractivity contribution is 8.00. The van der Waals surface area contributed by atoms with E-state index in [2.05, 4.69) is 5.32 Å². The fourth-order valence-corrected chi connectivity index (χ4v) is 2.57. The van der Waals surface area contributed by atoms with Crippen molar-refractivity contribution in [3.63, 3.8) is 0 Å². The molecule has 0 aliphatic heterocycles. The van der Waals surface area contributed by atoms with Crippen LogP contribution in [0.5, 0.6) is 0 Å². The number of hydrogen-bond acceptors (Lipinski definition) is 2. The normalized spacial score (nSPS) is 12.0. The molecule has 0 unspecified atom stereocenters. The second-order valence-electron chi connectivity index (χ2n) is 4.69. The first-order chi connectivity index (χ1) is 9.95. The summed E-state index contributed by atoms with van der Waals surface area (Å²) in [5.74, 6) is -1.78. The van der Waals surface area contributed by atoms with Gasteiger partial charge in [-0.3, -0.25) is 4.79 Å². The van der Waals surface area contributed by atoms with Crippen molar-refractivity contribution in [2.24, 2.45) is 0 Å². The molecule has 2 aromatic carbocycles. The van der Waals surface area contributed by atoms with Crippen LogP contribution in [0.2, 0.25) is 0 Å². The number of nitrogens with one attached hydrogen (secondary N) is 1. The average Bonchev–Trinajstić information content (AvgIpc) is 2.44. The van der Waals surface area contributed by atoms with E-state index in [0.717, 1.165) is 22.6 Å². The molecule has 0 aliphatic rings. The lowest BCUT2D eigenvalue weighted by atomic mass is 10.2. The predicted molar refractivity (Wildman–Crippen MR) is 81.5 cm³/mol. The Labute approximate surface area is 126 Å². The third-order valence-electron chi connectivity index (χ3n) is 2.89. The smallest absolute Gasteiger partial charge is 0.237 e. The van der Waals surface area contributed by atoms with Crippen molar-refractivity contribution < 1.29 is 13.6 Å². The zero-order chi connectivity index (χ0) is 15.4. The molecule has 0 bridgehead atoms. The van der Waals surface area contributed by atoms with Crippen LogP contribution < -0.4 is 5.32 Å². The minimum absolute atomic E-state index is 0.0160. The van der Waals surface area contributed by atoms with Gasteiger partial charge in [0.05, 0.1) is 10.9 Å². The van der Waals surface area contributed by atoms with E-state index in [1.807, 2.05) is 31.2 Å². The molecule has 2 nitrogen and oxygen atoms in total. The monoisotopic (exact) mass is 307 g/mol. The molecule has 0 heterocycles. The van der Waals surface area contributed by atoms with Crippen molar-refractivity contribution in [1.29, 1.82) is 0 Å². The molecule has 21 heavy (non-hydrogen) atoms. The van der Waals surface area contributed by atoms with Gasteiger partial charge in [-0.05, 0) is 38.1 Å². The minimum atomic E-state index is -0.782. The Morgan fingerprint density at radius 3 is 2.43 bits per heavy atom. The summed E-state index contributed by atoms with van der Waals surface area (Å²) in [4.78, 5) is 13.0. The number of rotatable bonds is 4. The number of carbonyl (C=O) groups is 1. The van der Waals surface area contributed by atoms with Gasteiger partial charge in [0.25, 0.3) is 0 Å². The van der Waals surface area contributed by atoms with Crippen LogP contribution in [0.3, 0.4) is 0 Å². The molecule has 1 N–H and O–H groups in total. The van der Waals surface area contributed by atoms with Gasteiger partial charge in [-0.15, -0.1) is 11.8 Å². The molecule has 0 saturated heterocycles. The molecule has 110 valence electrons. The Morgan fingerprint density at radius 2 is 1.81 bits per heavy atom. The van der Waals surface area contributed by atoms with E-state index in [-0.39, 0.29) is 11.6 Å². The Hall–Kier alpha value is -1.88. The maximum Gasteiger partial charge on any atom is 0.237 e. The molecule has 5 heteroatoms. The summed E-state index contributed by atoms with van der Waals surface area (Å²) in [6.07, 6.45) is 0. The molecule has 0 radical (unpaired) electrons. The van der Waals surface area contributed by atoms with Gasteiger partial charge in [0.1, 0.15) is 11.6 Å². The molecule has 0 aliphatic carbocycles. The summed E-state index contributed by atoms with van der Waals surface area (Å²) in [5, 5.41) is 2.08. The number of aryl methyl sites for hydroxylation is 1. The summed E-state index contributed by atoms with van der Waals surface area (Å²) in [5.41, 5.74) is 1.13. The Bertz CT molecular complexity index is 643. The minimum Gasteiger partial charge on any atom is -0.323 e. The van der Waals surface area contributed by atoms with E-state index < -0.39 is 16.9 Å². The van der Waals surface area contributed by atoms with Gasteiger partial charge in [-0.1, -0.05) is 17.7 Å². The molecule has 1 amide bonds. The van der Waals surface area contributed by atoms with Crippen molar-refractivity contribution in [3.8, 4) is 0 Å². The summed E-state index contributed by atoms with van der Waals surface area (Å²) >= 11 is 1.38. The van der Waals surface area contributed by atoms with Crippen LogP contribution in [-0.4, -0.2) is 11.2 Å². The Morgan fingerprint density at radius 1 is 1.14 bits per heavy atom. The molecule has 0 saturated carbocycles.